The molecule has 0 N–H and O–H groups in total. The average molecular weight is 362 g/mol. The Hall–Kier alpha value is -2.66. The molecule has 1 aromatic heterocycles. The molecular weight excluding hydrogens is 336 g/mol. The van der Waals surface area contributed by atoms with Crippen LogP contribution in [0.4, 0.5) is 0 Å². The number of hydrogen-bond donors (Lipinski definition) is 0. The third kappa shape index (κ3) is 3.74. The van der Waals surface area contributed by atoms with E-state index >= 15 is 0 Å². The number of aromatic nitrogens is 2. The number of amides is 1. The van der Waals surface area contributed by atoms with Gasteiger partial charge in [-0.3, -0.25) is 9.69 Å². The van der Waals surface area contributed by atoms with Gasteiger partial charge in [0.2, 0.25) is 5.91 Å². The lowest BCUT2D eigenvalue weighted by Gasteiger charge is -2.36. The predicted octanol–water partition coefficient (Wildman–Crippen LogP) is 2.94. The number of rotatable bonds is 5. The van der Waals surface area contributed by atoms with Crippen molar-refractivity contribution in [3.63, 3.8) is 0 Å². The van der Waals surface area contributed by atoms with Crippen molar-refractivity contribution in [1.29, 1.82) is 0 Å². The minimum Gasteiger partial charge on any atom is -0.344 e. The summed E-state index contributed by atoms with van der Waals surface area (Å²) in [6, 6.07) is 17.0. The number of benzene rings is 2. The van der Waals surface area contributed by atoms with Gasteiger partial charge in [0.15, 0.2) is 0 Å². The summed E-state index contributed by atoms with van der Waals surface area (Å²) in [5.41, 5.74) is 4.86. The Morgan fingerprint density at radius 2 is 1.89 bits per heavy atom. The van der Waals surface area contributed by atoms with Crippen LogP contribution in [0.2, 0.25) is 0 Å². The smallest absolute Gasteiger partial charge is 0.224 e. The summed E-state index contributed by atoms with van der Waals surface area (Å²) in [5, 5.41) is 0. The zero-order chi connectivity index (χ0) is 18.8. The maximum Gasteiger partial charge on any atom is 0.224 e. The molecular formula is C22H26N4O. The molecule has 0 saturated carbocycles. The van der Waals surface area contributed by atoms with Crippen LogP contribution in [0.25, 0.3) is 11.0 Å². The number of nitrogens with zero attached hydrogens (tertiary/aromatic N) is 4. The zero-order valence-electron chi connectivity index (χ0n) is 16.0. The first-order chi connectivity index (χ1) is 13.1. The number of aryl methyl sites for hydroxylation is 1. The summed E-state index contributed by atoms with van der Waals surface area (Å²) in [5.74, 6) is 0.181. The molecule has 0 fully saturated rings. The van der Waals surface area contributed by atoms with Gasteiger partial charge in [-0.15, -0.1) is 0 Å². The Kier molecular flexibility index (Phi) is 4.94. The van der Waals surface area contributed by atoms with Crippen LogP contribution in [-0.4, -0.2) is 51.9 Å². The van der Waals surface area contributed by atoms with Crippen molar-refractivity contribution in [3.05, 3.63) is 66.0 Å². The van der Waals surface area contributed by atoms with E-state index in [9.17, 15) is 4.79 Å². The molecule has 0 bridgehead atoms. The SMILES string of the molecule is CN(C[C@H]1Cc2ccccc2CN1C)C(=O)CCn1cnc2ccccc21. The van der Waals surface area contributed by atoms with E-state index in [-0.39, 0.29) is 5.91 Å². The minimum atomic E-state index is 0.181. The van der Waals surface area contributed by atoms with Crippen molar-refractivity contribution in [2.75, 3.05) is 20.6 Å². The van der Waals surface area contributed by atoms with Gasteiger partial charge in [0.05, 0.1) is 17.4 Å². The number of carbonyl (C=O) groups is 1. The van der Waals surface area contributed by atoms with E-state index in [2.05, 4.69) is 45.8 Å². The summed E-state index contributed by atoms with van der Waals surface area (Å²) in [7, 11) is 4.07. The van der Waals surface area contributed by atoms with Gasteiger partial charge >= 0.3 is 0 Å². The molecule has 1 amide bonds. The van der Waals surface area contributed by atoms with E-state index in [0.29, 0.717) is 19.0 Å². The Balaban J connectivity index is 1.35. The second-order valence-electron chi connectivity index (χ2n) is 7.49. The molecule has 2 heterocycles. The van der Waals surface area contributed by atoms with E-state index in [4.69, 9.17) is 0 Å². The molecule has 0 aliphatic carbocycles. The molecule has 5 heteroatoms. The first-order valence-corrected chi connectivity index (χ1v) is 9.52. The fourth-order valence-electron chi connectivity index (χ4n) is 3.94. The third-order valence-electron chi connectivity index (χ3n) is 5.62. The highest BCUT2D eigenvalue weighted by Crippen LogP contribution is 2.22. The highest BCUT2D eigenvalue weighted by Gasteiger charge is 2.25. The zero-order valence-corrected chi connectivity index (χ0v) is 16.0. The van der Waals surface area contributed by atoms with Crippen molar-refractivity contribution < 1.29 is 4.79 Å². The Morgan fingerprint density at radius 1 is 1.15 bits per heavy atom. The van der Waals surface area contributed by atoms with Gasteiger partial charge in [0, 0.05) is 39.1 Å². The van der Waals surface area contributed by atoms with Crippen molar-refractivity contribution in [2.24, 2.45) is 0 Å². The number of likely N-dealkylation sites (N-methyl/N-ethyl adjacent to an activating group) is 2. The van der Waals surface area contributed by atoms with Gasteiger partial charge < -0.3 is 9.47 Å². The van der Waals surface area contributed by atoms with Crippen molar-refractivity contribution in [2.45, 2.75) is 32.0 Å². The van der Waals surface area contributed by atoms with Crippen molar-refractivity contribution in [1.82, 2.24) is 19.4 Å². The van der Waals surface area contributed by atoms with Crippen LogP contribution in [0.15, 0.2) is 54.9 Å². The summed E-state index contributed by atoms with van der Waals surface area (Å²) in [6.07, 6.45) is 3.31. The van der Waals surface area contributed by atoms with E-state index in [1.165, 1.54) is 11.1 Å². The molecule has 4 rings (SSSR count). The molecule has 3 aromatic rings. The number of imidazole rings is 1. The van der Waals surface area contributed by atoms with Gasteiger partial charge in [-0.1, -0.05) is 36.4 Å². The quantitative estimate of drug-likeness (QED) is 0.701. The van der Waals surface area contributed by atoms with Gasteiger partial charge in [-0.2, -0.15) is 0 Å². The average Bonchev–Trinajstić information content (AvgIpc) is 3.10. The van der Waals surface area contributed by atoms with Gasteiger partial charge in [0.25, 0.3) is 0 Å². The van der Waals surface area contributed by atoms with Gasteiger partial charge in [0.1, 0.15) is 0 Å². The van der Waals surface area contributed by atoms with Crippen LogP contribution in [-0.2, 0) is 24.3 Å². The van der Waals surface area contributed by atoms with Crippen LogP contribution in [0.3, 0.4) is 0 Å². The monoisotopic (exact) mass is 362 g/mol. The molecule has 0 unspecified atom stereocenters. The lowest BCUT2D eigenvalue weighted by atomic mass is 9.94. The summed E-state index contributed by atoms with van der Waals surface area (Å²) in [6.45, 7) is 2.37. The molecule has 27 heavy (non-hydrogen) atoms. The maximum atomic E-state index is 12.7. The Labute approximate surface area is 160 Å². The molecule has 0 radical (unpaired) electrons. The highest BCUT2D eigenvalue weighted by molar-refractivity contribution is 5.77. The van der Waals surface area contributed by atoms with Crippen LogP contribution in [0.1, 0.15) is 17.5 Å². The maximum absolute atomic E-state index is 12.7. The molecule has 5 nitrogen and oxygen atoms in total. The van der Waals surface area contributed by atoms with E-state index < -0.39 is 0 Å². The molecule has 1 atom stereocenters. The van der Waals surface area contributed by atoms with Gasteiger partial charge in [-0.05, 0) is 36.7 Å². The van der Waals surface area contributed by atoms with Crippen LogP contribution in [0, 0.1) is 0 Å². The Bertz CT molecular complexity index is 948. The lowest BCUT2D eigenvalue weighted by molar-refractivity contribution is -0.130. The normalized spacial score (nSPS) is 17.0. The second kappa shape index (κ2) is 7.53. The summed E-state index contributed by atoms with van der Waals surface area (Å²) >= 11 is 0. The molecule has 1 aliphatic rings. The minimum absolute atomic E-state index is 0.181. The molecule has 140 valence electrons. The Morgan fingerprint density at radius 3 is 2.74 bits per heavy atom. The number of para-hydroxylation sites is 2. The molecule has 0 spiro atoms. The first-order valence-electron chi connectivity index (χ1n) is 9.52. The van der Waals surface area contributed by atoms with Crippen LogP contribution in [0.5, 0.6) is 0 Å². The number of carbonyl (C=O) groups excluding carboxylic acids is 1. The molecule has 0 saturated heterocycles. The van der Waals surface area contributed by atoms with E-state index in [1.807, 2.05) is 42.5 Å². The predicted molar refractivity (Wildman–Crippen MR) is 107 cm³/mol. The fraction of sp³-hybridized carbons (Fsp3) is 0.364. The summed E-state index contributed by atoms with van der Waals surface area (Å²) < 4.78 is 2.06. The summed E-state index contributed by atoms with van der Waals surface area (Å²) in [4.78, 5) is 21.3. The highest BCUT2D eigenvalue weighted by atomic mass is 16.2. The number of fused-ring (bicyclic) bond motifs is 2. The van der Waals surface area contributed by atoms with Gasteiger partial charge in [-0.25, -0.2) is 4.98 Å². The topological polar surface area (TPSA) is 41.4 Å². The first kappa shape index (κ1) is 17.7. The number of hydrogen-bond acceptors (Lipinski definition) is 3. The van der Waals surface area contributed by atoms with Crippen molar-refractivity contribution in [3.8, 4) is 0 Å². The van der Waals surface area contributed by atoms with Crippen LogP contribution >= 0.6 is 0 Å². The largest absolute Gasteiger partial charge is 0.344 e. The van der Waals surface area contributed by atoms with Crippen molar-refractivity contribution >= 4 is 16.9 Å². The molecule has 1 aliphatic heterocycles. The van der Waals surface area contributed by atoms with E-state index in [0.717, 1.165) is 30.5 Å². The third-order valence-corrected chi connectivity index (χ3v) is 5.62. The molecule has 2 aromatic carbocycles. The van der Waals surface area contributed by atoms with E-state index in [1.54, 1.807) is 0 Å². The lowest BCUT2D eigenvalue weighted by Crippen LogP contribution is -2.46. The second-order valence-corrected chi connectivity index (χ2v) is 7.49. The van der Waals surface area contributed by atoms with Crippen LogP contribution < -0.4 is 0 Å². The standard InChI is InChI=1S/C22H26N4O/c1-24-14-18-8-4-3-7-17(18)13-19(24)15-25(2)22(27)11-12-26-16-23-20-9-5-6-10-21(20)26/h3-10,16,19H,11-15H2,1-2H3/t19-/m1/s1. The fourth-order valence-corrected chi connectivity index (χ4v) is 3.94.